The molecule has 0 unspecified atom stereocenters. The summed E-state index contributed by atoms with van der Waals surface area (Å²) in [7, 11) is 3.75. The Morgan fingerprint density at radius 1 is 1.43 bits per heavy atom. The van der Waals surface area contributed by atoms with E-state index < -0.39 is 10.8 Å². The van der Waals surface area contributed by atoms with Crippen LogP contribution in [-0.4, -0.2) is 36.4 Å². The molecule has 0 radical (unpaired) electrons. The minimum Gasteiger partial charge on any atom is -0.468 e. The van der Waals surface area contributed by atoms with Crippen LogP contribution in [0.1, 0.15) is 22.2 Å². The van der Waals surface area contributed by atoms with E-state index in [1.54, 1.807) is 12.3 Å². The summed E-state index contributed by atoms with van der Waals surface area (Å²) in [5.41, 5.74) is 0.0301. The summed E-state index contributed by atoms with van der Waals surface area (Å²) in [5, 5.41) is 13.5. The van der Waals surface area contributed by atoms with Gasteiger partial charge in [0.25, 0.3) is 11.6 Å². The highest BCUT2D eigenvalue weighted by Gasteiger charge is 2.20. The van der Waals surface area contributed by atoms with Crippen LogP contribution in [0, 0.1) is 10.1 Å². The maximum Gasteiger partial charge on any atom is 0.270 e. The van der Waals surface area contributed by atoms with Crippen molar-refractivity contribution in [1.82, 2.24) is 10.2 Å². The number of halogens is 1. The van der Waals surface area contributed by atoms with Gasteiger partial charge in [-0.3, -0.25) is 19.8 Å². The highest BCUT2D eigenvalue weighted by atomic mass is 35.5. The monoisotopic (exact) mass is 337 g/mol. The maximum absolute atomic E-state index is 12.2. The van der Waals surface area contributed by atoms with E-state index in [4.69, 9.17) is 16.0 Å². The van der Waals surface area contributed by atoms with Crippen LogP contribution in [0.4, 0.5) is 5.69 Å². The number of nitro groups is 1. The number of nitro benzene ring substituents is 1. The van der Waals surface area contributed by atoms with Gasteiger partial charge in [-0.2, -0.15) is 0 Å². The molecule has 2 aromatic rings. The number of hydrogen-bond donors (Lipinski definition) is 1. The lowest BCUT2D eigenvalue weighted by molar-refractivity contribution is -0.384. The number of hydrogen-bond acceptors (Lipinski definition) is 5. The molecule has 122 valence electrons. The molecule has 1 aromatic carbocycles. The van der Waals surface area contributed by atoms with Gasteiger partial charge in [0.2, 0.25) is 0 Å². The van der Waals surface area contributed by atoms with Crippen molar-refractivity contribution in [2.75, 3.05) is 20.6 Å². The molecular weight excluding hydrogens is 322 g/mol. The van der Waals surface area contributed by atoms with Crippen LogP contribution in [-0.2, 0) is 0 Å². The van der Waals surface area contributed by atoms with Crippen LogP contribution < -0.4 is 5.32 Å². The summed E-state index contributed by atoms with van der Waals surface area (Å²) < 4.78 is 5.37. The van der Waals surface area contributed by atoms with Gasteiger partial charge >= 0.3 is 0 Å². The molecule has 23 heavy (non-hydrogen) atoms. The zero-order chi connectivity index (χ0) is 17.0. The van der Waals surface area contributed by atoms with Gasteiger partial charge in [0.15, 0.2) is 0 Å². The molecule has 1 aromatic heterocycles. The second-order valence-corrected chi connectivity index (χ2v) is 5.53. The predicted molar refractivity (Wildman–Crippen MR) is 85.6 cm³/mol. The number of carbonyl (C=O) groups excluding carboxylic acids is 1. The molecule has 8 heteroatoms. The first-order chi connectivity index (χ1) is 10.9. The van der Waals surface area contributed by atoms with Gasteiger partial charge in [0.05, 0.1) is 27.8 Å². The number of non-ortho nitro benzene ring substituents is 1. The van der Waals surface area contributed by atoms with Crippen LogP contribution in [0.5, 0.6) is 0 Å². The third-order valence-electron chi connectivity index (χ3n) is 3.36. The second-order valence-electron chi connectivity index (χ2n) is 5.13. The van der Waals surface area contributed by atoms with Crippen LogP contribution in [0.25, 0.3) is 0 Å². The molecule has 0 aliphatic rings. The Kier molecular flexibility index (Phi) is 5.36. The molecule has 1 heterocycles. The third-order valence-corrected chi connectivity index (χ3v) is 3.67. The Bertz CT molecular complexity index is 701. The number of nitrogens with zero attached hydrogens (tertiary/aromatic N) is 2. The van der Waals surface area contributed by atoms with Crippen molar-refractivity contribution in [3.8, 4) is 0 Å². The quantitative estimate of drug-likeness (QED) is 0.646. The summed E-state index contributed by atoms with van der Waals surface area (Å²) in [5.74, 6) is 0.327. The van der Waals surface area contributed by atoms with Gasteiger partial charge in [-0.25, -0.2) is 0 Å². The minimum absolute atomic E-state index is 0.0381. The van der Waals surface area contributed by atoms with Gasteiger partial charge in [0, 0.05) is 18.7 Å². The SMILES string of the molecule is CN(C)[C@H](CNC(=O)c1ccc([N+](=O)[O-])cc1Cl)c1ccco1. The zero-order valence-corrected chi connectivity index (χ0v) is 13.4. The smallest absolute Gasteiger partial charge is 0.270 e. The lowest BCUT2D eigenvalue weighted by atomic mass is 10.1. The van der Waals surface area contributed by atoms with E-state index >= 15 is 0 Å². The fourth-order valence-corrected chi connectivity index (χ4v) is 2.37. The topological polar surface area (TPSA) is 88.6 Å². The van der Waals surface area contributed by atoms with E-state index in [0.29, 0.717) is 6.54 Å². The minimum atomic E-state index is -0.563. The molecule has 2 rings (SSSR count). The standard InChI is InChI=1S/C15H16ClN3O4/c1-18(2)13(14-4-3-7-23-14)9-17-15(20)11-6-5-10(19(21)22)8-12(11)16/h3-8,13H,9H2,1-2H3,(H,17,20)/t13-/m1/s1. The summed E-state index contributed by atoms with van der Waals surface area (Å²) >= 11 is 5.95. The first kappa shape index (κ1) is 17.0. The molecule has 1 amide bonds. The molecule has 0 aliphatic carbocycles. The average molecular weight is 338 g/mol. The van der Waals surface area contributed by atoms with Gasteiger partial charge in [-0.05, 0) is 32.3 Å². The van der Waals surface area contributed by atoms with E-state index in [1.165, 1.54) is 12.1 Å². The Morgan fingerprint density at radius 2 is 2.17 bits per heavy atom. The van der Waals surface area contributed by atoms with Crippen molar-refractivity contribution in [1.29, 1.82) is 0 Å². The number of nitrogens with one attached hydrogen (secondary N) is 1. The zero-order valence-electron chi connectivity index (χ0n) is 12.7. The third kappa shape index (κ3) is 4.08. The summed E-state index contributed by atoms with van der Waals surface area (Å²) in [6.07, 6.45) is 1.57. The van der Waals surface area contributed by atoms with Gasteiger partial charge in [-0.1, -0.05) is 11.6 Å². The first-order valence-electron chi connectivity index (χ1n) is 6.82. The molecule has 0 spiro atoms. The number of likely N-dealkylation sites (N-methyl/N-ethyl adjacent to an activating group) is 1. The van der Waals surface area contributed by atoms with E-state index in [0.717, 1.165) is 11.8 Å². The second kappa shape index (κ2) is 7.26. The number of amides is 1. The lowest BCUT2D eigenvalue weighted by Gasteiger charge is -2.22. The number of carbonyl (C=O) groups is 1. The highest BCUT2D eigenvalue weighted by molar-refractivity contribution is 6.34. The molecule has 0 saturated heterocycles. The maximum atomic E-state index is 12.2. The Hall–Kier alpha value is -2.38. The summed E-state index contributed by atoms with van der Waals surface area (Å²) in [6.45, 7) is 0.312. The molecule has 0 aliphatic heterocycles. The van der Waals surface area contributed by atoms with Crippen molar-refractivity contribution in [3.63, 3.8) is 0 Å². The molecule has 7 nitrogen and oxygen atoms in total. The van der Waals surface area contributed by atoms with Gasteiger partial charge in [0.1, 0.15) is 5.76 Å². The Labute approximate surface area is 138 Å². The van der Waals surface area contributed by atoms with E-state index in [-0.39, 0.29) is 22.3 Å². The fraction of sp³-hybridized carbons (Fsp3) is 0.267. The van der Waals surface area contributed by atoms with Crippen LogP contribution >= 0.6 is 11.6 Å². The average Bonchev–Trinajstić information content (AvgIpc) is 3.00. The Balaban J connectivity index is 2.08. The highest BCUT2D eigenvalue weighted by Crippen LogP contribution is 2.23. The fourth-order valence-electron chi connectivity index (χ4n) is 2.10. The number of benzene rings is 1. The summed E-state index contributed by atoms with van der Waals surface area (Å²) in [4.78, 5) is 24.3. The molecular formula is C15H16ClN3O4. The Morgan fingerprint density at radius 3 is 2.70 bits per heavy atom. The van der Waals surface area contributed by atoms with Crippen LogP contribution in [0.2, 0.25) is 5.02 Å². The van der Waals surface area contributed by atoms with Crippen LogP contribution in [0.3, 0.4) is 0 Å². The number of furan rings is 1. The molecule has 0 bridgehead atoms. The van der Waals surface area contributed by atoms with Gasteiger partial charge in [-0.15, -0.1) is 0 Å². The van der Waals surface area contributed by atoms with Gasteiger partial charge < -0.3 is 9.73 Å². The molecule has 1 N–H and O–H groups in total. The van der Waals surface area contributed by atoms with Crippen molar-refractivity contribution in [2.45, 2.75) is 6.04 Å². The lowest BCUT2D eigenvalue weighted by Crippen LogP contribution is -2.34. The van der Waals surface area contributed by atoms with E-state index in [2.05, 4.69) is 5.32 Å². The van der Waals surface area contributed by atoms with Crippen molar-refractivity contribution < 1.29 is 14.1 Å². The molecule has 0 saturated carbocycles. The summed E-state index contributed by atoms with van der Waals surface area (Å²) in [6, 6.07) is 7.22. The van der Waals surface area contributed by atoms with E-state index in [9.17, 15) is 14.9 Å². The molecule has 1 atom stereocenters. The normalized spacial score (nSPS) is 12.2. The predicted octanol–water partition coefficient (Wildman–Crippen LogP) is 2.87. The van der Waals surface area contributed by atoms with Crippen molar-refractivity contribution in [2.24, 2.45) is 0 Å². The van der Waals surface area contributed by atoms with Crippen molar-refractivity contribution in [3.05, 3.63) is 63.1 Å². The van der Waals surface area contributed by atoms with Crippen LogP contribution in [0.15, 0.2) is 41.0 Å². The number of rotatable bonds is 6. The van der Waals surface area contributed by atoms with E-state index in [1.807, 2.05) is 25.1 Å². The largest absolute Gasteiger partial charge is 0.468 e. The van der Waals surface area contributed by atoms with Crippen molar-refractivity contribution >= 4 is 23.2 Å². The molecule has 0 fully saturated rings. The first-order valence-corrected chi connectivity index (χ1v) is 7.20.